The number of fused-ring (bicyclic) bond motifs is 1. The third-order valence-electron chi connectivity index (χ3n) is 6.43. The van der Waals surface area contributed by atoms with Gasteiger partial charge in [0, 0.05) is 23.9 Å². The number of likely N-dealkylation sites (tertiary alicyclic amines) is 1. The molecule has 1 amide bonds. The molecule has 1 N–H and O–H groups in total. The molecule has 8 heteroatoms. The standard InChI is InChI=1S/C27H28N2O5S/c1-19-5-7-20(8-6-19)24-4-2-3-15-29(24)27(30)21-9-11-22(12-10-21)28-35(31,32)23-13-14-25-26(18-23)34-17-16-33-25/h5-14,18,24,28H,2-4,15-17H2,1H3. The van der Waals surface area contributed by atoms with Gasteiger partial charge in [-0.3, -0.25) is 9.52 Å². The summed E-state index contributed by atoms with van der Waals surface area (Å²) in [6.45, 7) is 3.57. The Morgan fingerprint density at radius 3 is 2.37 bits per heavy atom. The minimum absolute atomic E-state index is 0.0449. The van der Waals surface area contributed by atoms with Crippen LogP contribution in [0.1, 0.15) is 46.8 Å². The molecule has 0 aromatic heterocycles. The molecule has 2 aliphatic heterocycles. The molecule has 2 heterocycles. The molecule has 35 heavy (non-hydrogen) atoms. The Morgan fingerprint density at radius 2 is 1.63 bits per heavy atom. The van der Waals surface area contributed by atoms with E-state index in [0.717, 1.165) is 24.8 Å². The molecule has 3 aromatic rings. The van der Waals surface area contributed by atoms with Crippen molar-refractivity contribution in [2.45, 2.75) is 37.1 Å². The maximum atomic E-state index is 13.4. The molecule has 0 aliphatic carbocycles. The van der Waals surface area contributed by atoms with E-state index in [-0.39, 0.29) is 16.8 Å². The first kappa shape index (κ1) is 23.2. The number of rotatable bonds is 5. The topological polar surface area (TPSA) is 84.9 Å². The Morgan fingerprint density at radius 1 is 0.914 bits per heavy atom. The molecule has 0 spiro atoms. The lowest BCUT2D eigenvalue weighted by atomic mass is 9.94. The molecule has 0 radical (unpaired) electrons. The minimum atomic E-state index is -3.83. The summed E-state index contributed by atoms with van der Waals surface area (Å²) in [7, 11) is -3.83. The number of nitrogens with one attached hydrogen (secondary N) is 1. The van der Waals surface area contributed by atoms with E-state index in [4.69, 9.17) is 9.47 Å². The second-order valence-electron chi connectivity index (χ2n) is 8.91. The van der Waals surface area contributed by atoms with Crippen LogP contribution in [0.3, 0.4) is 0 Å². The largest absolute Gasteiger partial charge is 0.486 e. The number of carbonyl (C=O) groups excluding carboxylic acids is 1. The van der Waals surface area contributed by atoms with Gasteiger partial charge in [0.1, 0.15) is 13.2 Å². The van der Waals surface area contributed by atoms with Gasteiger partial charge < -0.3 is 14.4 Å². The number of aryl methyl sites for hydroxylation is 1. The van der Waals surface area contributed by atoms with Gasteiger partial charge in [0.15, 0.2) is 11.5 Å². The maximum Gasteiger partial charge on any atom is 0.262 e. The molecule has 0 bridgehead atoms. The zero-order valence-electron chi connectivity index (χ0n) is 19.6. The number of benzene rings is 3. The molecule has 3 aromatic carbocycles. The quantitative estimate of drug-likeness (QED) is 0.546. The smallest absolute Gasteiger partial charge is 0.262 e. The van der Waals surface area contributed by atoms with Crippen LogP contribution in [0.15, 0.2) is 71.6 Å². The summed E-state index contributed by atoms with van der Waals surface area (Å²) < 4.78 is 39.3. The fourth-order valence-corrected chi connectivity index (χ4v) is 5.64. The van der Waals surface area contributed by atoms with Crippen LogP contribution >= 0.6 is 0 Å². The number of hydrogen-bond acceptors (Lipinski definition) is 5. The first-order valence-electron chi connectivity index (χ1n) is 11.8. The summed E-state index contributed by atoms with van der Waals surface area (Å²) in [5.74, 6) is 0.890. The van der Waals surface area contributed by atoms with Crippen LogP contribution in [0, 0.1) is 6.92 Å². The van der Waals surface area contributed by atoms with Crippen LogP contribution in [-0.4, -0.2) is 39.0 Å². The Bertz CT molecular complexity index is 1320. The zero-order chi connectivity index (χ0) is 24.4. The zero-order valence-corrected chi connectivity index (χ0v) is 20.4. The molecule has 1 saturated heterocycles. The van der Waals surface area contributed by atoms with Crippen molar-refractivity contribution in [1.82, 2.24) is 4.90 Å². The maximum absolute atomic E-state index is 13.4. The molecule has 7 nitrogen and oxygen atoms in total. The summed E-state index contributed by atoms with van der Waals surface area (Å²) >= 11 is 0. The number of anilines is 1. The first-order valence-corrected chi connectivity index (χ1v) is 13.3. The highest BCUT2D eigenvalue weighted by Crippen LogP contribution is 2.34. The second-order valence-corrected chi connectivity index (χ2v) is 10.6. The lowest BCUT2D eigenvalue weighted by molar-refractivity contribution is 0.0611. The lowest BCUT2D eigenvalue weighted by Gasteiger charge is -2.36. The van der Waals surface area contributed by atoms with Crippen molar-refractivity contribution in [2.24, 2.45) is 0 Å². The molecule has 1 atom stereocenters. The number of sulfonamides is 1. The summed E-state index contributed by atoms with van der Waals surface area (Å²) in [5, 5.41) is 0. The van der Waals surface area contributed by atoms with E-state index in [9.17, 15) is 13.2 Å². The fraction of sp³-hybridized carbons (Fsp3) is 0.296. The van der Waals surface area contributed by atoms with Gasteiger partial charge in [0.05, 0.1) is 10.9 Å². The van der Waals surface area contributed by atoms with Gasteiger partial charge in [-0.2, -0.15) is 0 Å². The summed E-state index contributed by atoms with van der Waals surface area (Å²) in [4.78, 5) is 15.4. The van der Waals surface area contributed by atoms with E-state index < -0.39 is 10.0 Å². The van der Waals surface area contributed by atoms with Crippen molar-refractivity contribution >= 4 is 21.6 Å². The van der Waals surface area contributed by atoms with Gasteiger partial charge in [-0.1, -0.05) is 29.8 Å². The summed E-state index contributed by atoms with van der Waals surface area (Å²) in [6, 6.07) is 19.5. The number of amides is 1. The third kappa shape index (κ3) is 4.98. The van der Waals surface area contributed by atoms with Crippen LogP contribution in [0.2, 0.25) is 0 Å². The van der Waals surface area contributed by atoms with E-state index >= 15 is 0 Å². The second kappa shape index (κ2) is 9.62. The predicted octanol–water partition coefficient (Wildman–Crippen LogP) is 4.93. The molecular weight excluding hydrogens is 464 g/mol. The highest BCUT2D eigenvalue weighted by Gasteiger charge is 2.29. The molecule has 182 valence electrons. The molecule has 1 fully saturated rings. The molecule has 0 saturated carbocycles. The Hall–Kier alpha value is -3.52. The Balaban J connectivity index is 1.31. The van der Waals surface area contributed by atoms with Gasteiger partial charge in [-0.15, -0.1) is 0 Å². The van der Waals surface area contributed by atoms with Crippen LogP contribution in [0.5, 0.6) is 11.5 Å². The van der Waals surface area contributed by atoms with Crippen molar-refractivity contribution < 1.29 is 22.7 Å². The third-order valence-corrected chi connectivity index (χ3v) is 7.81. The van der Waals surface area contributed by atoms with E-state index in [2.05, 4.69) is 35.9 Å². The molecule has 5 rings (SSSR count). The summed E-state index contributed by atoms with van der Waals surface area (Å²) in [6.07, 6.45) is 2.99. The van der Waals surface area contributed by atoms with Crippen molar-refractivity contribution in [3.05, 3.63) is 83.4 Å². The van der Waals surface area contributed by atoms with Gasteiger partial charge >= 0.3 is 0 Å². The van der Waals surface area contributed by atoms with E-state index in [0.29, 0.717) is 42.5 Å². The number of carbonyl (C=O) groups is 1. The highest BCUT2D eigenvalue weighted by molar-refractivity contribution is 7.92. The van der Waals surface area contributed by atoms with Crippen molar-refractivity contribution in [2.75, 3.05) is 24.5 Å². The average Bonchev–Trinajstić information content (AvgIpc) is 2.89. The molecule has 2 aliphatic rings. The van der Waals surface area contributed by atoms with E-state index in [1.165, 1.54) is 17.7 Å². The van der Waals surface area contributed by atoms with Gasteiger partial charge in [0.2, 0.25) is 0 Å². The van der Waals surface area contributed by atoms with E-state index in [1.54, 1.807) is 30.3 Å². The van der Waals surface area contributed by atoms with Crippen molar-refractivity contribution in [3.8, 4) is 11.5 Å². The van der Waals surface area contributed by atoms with E-state index in [1.807, 2.05) is 4.90 Å². The fourth-order valence-electron chi connectivity index (χ4n) is 4.56. The van der Waals surface area contributed by atoms with Crippen LogP contribution in [0.25, 0.3) is 0 Å². The monoisotopic (exact) mass is 492 g/mol. The molecule has 1 unspecified atom stereocenters. The summed E-state index contributed by atoms with van der Waals surface area (Å²) in [5.41, 5.74) is 3.25. The predicted molar refractivity (Wildman–Crippen MR) is 133 cm³/mol. The highest BCUT2D eigenvalue weighted by atomic mass is 32.2. The normalized spacial score (nSPS) is 17.6. The minimum Gasteiger partial charge on any atom is -0.486 e. The number of hydrogen-bond donors (Lipinski definition) is 1. The van der Waals surface area contributed by atoms with Crippen LogP contribution in [0.4, 0.5) is 5.69 Å². The van der Waals surface area contributed by atoms with Gasteiger partial charge in [-0.25, -0.2) is 8.42 Å². The van der Waals surface area contributed by atoms with Crippen LogP contribution < -0.4 is 14.2 Å². The Kier molecular flexibility index (Phi) is 6.38. The Labute approximate surface area is 205 Å². The number of nitrogens with zero attached hydrogens (tertiary/aromatic N) is 1. The lowest BCUT2D eigenvalue weighted by Crippen LogP contribution is -2.38. The van der Waals surface area contributed by atoms with Crippen molar-refractivity contribution in [1.29, 1.82) is 0 Å². The number of ether oxygens (including phenoxy) is 2. The SMILES string of the molecule is Cc1ccc(C2CCCCN2C(=O)c2ccc(NS(=O)(=O)c3ccc4c(c3)OCCO4)cc2)cc1. The van der Waals surface area contributed by atoms with Crippen molar-refractivity contribution in [3.63, 3.8) is 0 Å². The first-order chi connectivity index (χ1) is 16.9. The van der Waals surface area contributed by atoms with Crippen LogP contribution in [-0.2, 0) is 10.0 Å². The average molecular weight is 493 g/mol. The van der Waals surface area contributed by atoms with Gasteiger partial charge in [-0.05, 0) is 68.1 Å². The molecular formula is C27H28N2O5S. The number of piperidine rings is 1. The van der Waals surface area contributed by atoms with Gasteiger partial charge in [0.25, 0.3) is 15.9 Å².